The summed E-state index contributed by atoms with van der Waals surface area (Å²) < 4.78 is 7.83. The zero-order chi connectivity index (χ0) is 11.7. The number of H-pyrrole nitrogens is 1. The molecule has 2 heterocycles. The van der Waals surface area contributed by atoms with E-state index in [1.54, 1.807) is 0 Å². The van der Waals surface area contributed by atoms with Crippen LogP contribution in [-0.4, -0.2) is 14.7 Å². The maximum Gasteiger partial charge on any atom is 0.177 e. The summed E-state index contributed by atoms with van der Waals surface area (Å²) in [6.07, 6.45) is 1.96. The van der Waals surface area contributed by atoms with Crippen molar-refractivity contribution in [2.75, 3.05) is 0 Å². The minimum Gasteiger partial charge on any atom is -0.361 e. The highest BCUT2D eigenvalue weighted by atomic mass is 32.1. The summed E-state index contributed by atoms with van der Waals surface area (Å²) in [7, 11) is 0. The van der Waals surface area contributed by atoms with E-state index in [1.165, 1.54) is 5.69 Å². The average Bonchev–Trinajstić information content (AvgIpc) is 2.76. The van der Waals surface area contributed by atoms with E-state index in [0.29, 0.717) is 12.5 Å². The van der Waals surface area contributed by atoms with Crippen molar-refractivity contribution in [2.24, 2.45) is 0 Å². The fraction of sp³-hybridized carbons (Fsp3) is 0.455. The van der Waals surface area contributed by atoms with Crippen LogP contribution in [0, 0.1) is 11.7 Å². The lowest BCUT2D eigenvalue weighted by atomic mass is 10.1. The van der Waals surface area contributed by atoms with Crippen molar-refractivity contribution in [2.45, 2.75) is 33.2 Å². The molecule has 86 valence electrons. The zero-order valence-corrected chi connectivity index (χ0v) is 10.5. The first-order chi connectivity index (χ1) is 7.58. The predicted molar refractivity (Wildman–Crippen MR) is 64.0 cm³/mol. The van der Waals surface area contributed by atoms with Crippen LogP contribution in [0.2, 0.25) is 0 Å². The normalized spacial score (nSPS) is 11.2. The smallest absolute Gasteiger partial charge is 0.177 e. The van der Waals surface area contributed by atoms with E-state index < -0.39 is 0 Å². The van der Waals surface area contributed by atoms with E-state index in [0.717, 1.165) is 16.2 Å². The molecule has 0 saturated carbocycles. The van der Waals surface area contributed by atoms with E-state index in [4.69, 9.17) is 16.7 Å². The van der Waals surface area contributed by atoms with Crippen LogP contribution < -0.4 is 0 Å². The standard InChI is InChI=1S/C11H15N3OS/c1-7(2)10-5-12-11(16)14(10)6-9-4-8(3)15-13-9/h4-5,7H,6H2,1-3H3,(H,12,16). The first-order valence-corrected chi connectivity index (χ1v) is 5.69. The molecule has 1 N–H and O–H groups in total. The fourth-order valence-electron chi connectivity index (χ4n) is 1.70. The van der Waals surface area contributed by atoms with Gasteiger partial charge in [0, 0.05) is 18.0 Å². The molecule has 5 heteroatoms. The van der Waals surface area contributed by atoms with Crippen LogP contribution in [-0.2, 0) is 6.54 Å². The Morgan fingerprint density at radius 2 is 2.31 bits per heavy atom. The summed E-state index contributed by atoms with van der Waals surface area (Å²) in [4.78, 5) is 3.07. The molecule has 0 radical (unpaired) electrons. The van der Waals surface area contributed by atoms with Gasteiger partial charge in [0.15, 0.2) is 4.77 Å². The Morgan fingerprint density at radius 1 is 1.56 bits per heavy atom. The first kappa shape index (κ1) is 11.1. The number of aromatic amines is 1. The highest BCUT2D eigenvalue weighted by molar-refractivity contribution is 7.71. The first-order valence-electron chi connectivity index (χ1n) is 5.28. The molecule has 0 aliphatic heterocycles. The summed E-state index contributed by atoms with van der Waals surface area (Å²) in [6.45, 7) is 6.83. The van der Waals surface area contributed by atoms with Gasteiger partial charge < -0.3 is 14.1 Å². The second-order valence-corrected chi connectivity index (χ2v) is 4.58. The Bertz CT molecular complexity index is 535. The van der Waals surface area contributed by atoms with Gasteiger partial charge in [-0.3, -0.25) is 0 Å². The summed E-state index contributed by atoms with van der Waals surface area (Å²) in [5, 5.41) is 3.98. The van der Waals surface area contributed by atoms with Crippen LogP contribution in [0.4, 0.5) is 0 Å². The highest BCUT2D eigenvalue weighted by Crippen LogP contribution is 2.16. The molecule has 2 aromatic heterocycles. The molecule has 0 saturated heterocycles. The number of rotatable bonds is 3. The quantitative estimate of drug-likeness (QED) is 0.835. The van der Waals surface area contributed by atoms with Gasteiger partial charge in [0.25, 0.3) is 0 Å². The lowest BCUT2D eigenvalue weighted by molar-refractivity contribution is 0.388. The van der Waals surface area contributed by atoms with E-state index in [2.05, 4.69) is 28.6 Å². The molecule has 16 heavy (non-hydrogen) atoms. The van der Waals surface area contributed by atoms with Crippen LogP contribution in [0.15, 0.2) is 16.8 Å². The van der Waals surface area contributed by atoms with Gasteiger partial charge in [-0.25, -0.2) is 0 Å². The van der Waals surface area contributed by atoms with Gasteiger partial charge in [0.2, 0.25) is 0 Å². The number of aromatic nitrogens is 3. The summed E-state index contributed by atoms with van der Waals surface area (Å²) in [5.74, 6) is 1.25. The maximum atomic E-state index is 5.25. The van der Waals surface area contributed by atoms with E-state index in [1.807, 2.05) is 19.2 Å². The molecule has 0 fully saturated rings. The molecule has 0 aliphatic rings. The van der Waals surface area contributed by atoms with Crippen LogP contribution in [0.1, 0.15) is 36.9 Å². The van der Waals surface area contributed by atoms with Crippen molar-refractivity contribution in [3.8, 4) is 0 Å². The molecule has 0 spiro atoms. The minimum absolute atomic E-state index is 0.431. The minimum atomic E-state index is 0.431. The number of nitrogens with zero attached hydrogens (tertiary/aromatic N) is 2. The second kappa shape index (κ2) is 4.25. The summed E-state index contributed by atoms with van der Waals surface area (Å²) in [6, 6.07) is 1.93. The van der Waals surface area contributed by atoms with Crippen molar-refractivity contribution in [1.82, 2.24) is 14.7 Å². The zero-order valence-electron chi connectivity index (χ0n) is 9.65. The molecule has 2 aromatic rings. The number of hydrogen-bond donors (Lipinski definition) is 1. The topological polar surface area (TPSA) is 46.8 Å². The maximum absolute atomic E-state index is 5.25. The SMILES string of the molecule is Cc1cc(Cn2c(C(C)C)c[nH]c2=S)no1. The molecular formula is C11H15N3OS. The van der Waals surface area contributed by atoms with E-state index in [-0.39, 0.29) is 0 Å². The Morgan fingerprint density at radius 3 is 2.88 bits per heavy atom. The van der Waals surface area contributed by atoms with Gasteiger partial charge in [-0.2, -0.15) is 0 Å². The van der Waals surface area contributed by atoms with Crippen molar-refractivity contribution in [3.63, 3.8) is 0 Å². The highest BCUT2D eigenvalue weighted by Gasteiger charge is 2.10. The third kappa shape index (κ3) is 2.09. The molecule has 2 rings (SSSR count). The Kier molecular flexibility index (Phi) is 2.96. The van der Waals surface area contributed by atoms with Crippen LogP contribution in [0.25, 0.3) is 0 Å². The van der Waals surface area contributed by atoms with Gasteiger partial charge in [-0.1, -0.05) is 19.0 Å². The van der Waals surface area contributed by atoms with Gasteiger partial charge in [0.05, 0.1) is 6.54 Å². The Labute approximate surface area is 99.3 Å². The summed E-state index contributed by atoms with van der Waals surface area (Å²) in [5.41, 5.74) is 2.08. The monoisotopic (exact) mass is 237 g/mol. The van der Waals surface area contributed by atoms with Crippen LogP contribution >= 0.6 is 12.2 Å². The average molecular weight is 237 g/mol. The molecule has 0 amide bonds. The van der Waals surface area contributed by atoms with Crippen molar-refractivity contribution >= 4 is 12.2 Å². The second-order valence-electron chi connectivity index (χ2n) is 4.19. The molecule has 0 aliphatic carbocycles. The van der Waals surface area contributed by atoms with E-state index >= 15 is 0 Å². The fourth-order valence-corrected chi connectivity index (χ4v) is 1.93. The number of aryl methyl sites for hydroxylation is 1. The van der Waals surface area contributed by atoms with Crippen molar-refractivity contribution in [3.05, 3.63) is 34.2 Å². The van der Waals surface area contributed by atoms with Crippen LogP contribution in [0.5, 0.6) is 0 Å². The van der Waals surface area contributed by atoms with Gasteiger partial charge in [-0.15, -0.1) is 0 Å². The summed E-state index contributed by atoms with van der Waals surface area (Å²) >= 11 is 5.25. The molecule has 0 atom stereocenters. The van der Waals surface area contributed by atoms with Gasteiger partial charge >= 0.3 is 0 Å². The van der Waals surface area contributed by atoms with Gasteiger partial charge in [-0.05, 0) is 25.1 Å². The lowest BCUT2D eigenvalue weighted by Crippen LogP contribution is -2.06. The van der Waals surface area contributed by atoms with Crippen molar-refractivity contribution < 1.29 is 4.52 Å². The lowest BCUT2D eigenvalue weighted by Gasteiger charge is -2.08. The third-order valence-corrected chi connectivity index (χ3v) is 2.83. The predicted octanol–water partition coefficient (Wildman–Crippen LogP) is 3.01. The van der Waals surface area contributed by atoms with Crippen molar-refractivity contribution in [1.29, 1.82) is 0 Å². The number of hydrogen-bond acceptors (Lipinski definition) is 3. The molecule has 0 aromatic carbocycles. The van der Waals surface area contributed by atoms with E-state index in [9.17, 15) is 0 Å². The largest absolute Gasteiger partial charge is 0.361 e. The molecular weight excluding hydrogens is 222 g/mol. The Balaban J connectivity index is 2.33. The third-order valence-electron chi connectivity index (χ3n) is 2.49. The van der Waals surface area contributed by atoms with Gasteiger partial charge in [0.1, 0.15) is 11.5 Å². The molecule has 0 unspecified atom stereocenters. The number of imidazole rings is 1. The number of nitrogens with one attached hydrogen (secondary N) is 1. The molecule has 4 nitrogen and oxygen atoms in total. The molecule has 0 bridgehead atoms. The Hall–Kier alpha value is -1.36. The van der Waals surface area contributed by atoms with Crippen LogP contribution in [0.3, 0.4) is 0 Å².